The van der Waals surface area contributed by atoms with E-state index in [4.69, 9.17) is 5.11 Å². The highest BCUT2D eigenvalue weighted by molar-refractivity contribution is 5.85. The molecule has 0 saturated heterocycles. The van der Waals surface area contributed by atoms with Crippen LogP contribution in [0.3, 0.4) is 0 Å². The van der Waals surface area contributed by atoms with E-state index in [2.05, 4.69) is 5.32 Å². The van der Waals surface area contributed by atoms with E-state index in [1.165, 1.54) is 0 Å². The number of hydrogen-bond acceptors (Lipinski definition) is 3. The van der Waals surface area contributed by atoms with Gasteiger partial charge < -0.3 is 15.5 Å². The van der Waals surface area contributed by atoms with E-state index in [0.717, 1.165) is 6.42 Å². The van der Waals surface area contributed by atoms with Crippen molar-refractivity contribution >= 4 is 5.91 Å². The Bertz CT molecular complexity index is 154. The summed E-state index contributed by atoms with van der Waals surface area (Å²) in [6, 6.07) is 0. The van der Waals surface area contributed by atoms with Gasteiger partial charge in [-0.3, -0.25) is 4.79 Å². The molecule has 1 amide bonds. The third-order valence-electron chi connectivity index (χ3n) is 2.00. The molecule has 1 aliphatic rings. The Morgan fingerprint density at radius 2 is 2.18 bits per heavy atom. The van der Waals surface area contributed by atoms with Gasteiger partial charge in [0, 0.05) is 6.54 Å². The largest absolute Gasteiger partial charge is 0.395 e. The molecule has 1 aliphatic carbocycles. The molecule has 0 radical (unpaired) electrons. The molecule has 0 spiro atoms. The van der Waals surface area contributed by atoms with Crippen molar-refractivity contribution in [3.05, 3.63) is 0 Å². The summed E-state index contributed by atoms with van der Waals surface area (Å²) >= 11 is 0. The number of rotatable bonds is 3. The van der Waals surface area contributed by atoms with Crippen LogP contribution in [0.4, 0.5) is 0 Å². The Morgan fingerprint density at radius 3 is 2.55 bits per heavy atom. The first-order valence-electron chi connectivity index (χ1n) is 3.80. The molecule has 1 rings (SSSR count). The molecule has 0 heterocycles. The maximum absolute atomic E-state index is 11.0. The van der Waals surface area contributed by atoms with Crippen molar-refractivity contribution in [2.75, 3.05) is 13.2 Å². The Hall–Kier alpha value is -0.610. The van der Waals surface area contributed by atoms with Gasteiger partial charge >= 0.3 is 0 Å². The lowest BCUT2D eigenvalue weighted by atomic mass is 9.79. The Morgan fingerprint density at radius 1 is 1.55 bits per heavy atom. The average Bonchev–Trinajstić information content (AvgIpc) is 1.95. The van der Waals surface area contributed by atoms with Gasteiger partial charge in [-0.05, 0) is 19.3 Å². The molecule has 4 heteroatoms. The molecule has 64 valence electrons. The van der Waals surface area contributed by atoms with Gasteiger partial charge in [0.05, 0.1) is 6.61 Å². The van der Waals surface area contributed by atoms with Gasteiger partial charge in [0.2, 0.25) is 0 Å². The zero-order valence-electron chi connectivity index (χ0n) is 6.34. The summed E-state index contributed by atoms with van der Waals surface area (Å²) in [7, 11) is 0. The number of aliphatic hydroxyl groups is 2. The third-order valence-corrected chi connectivity index (χ3v) is 2.00. The first-order chi connectivity index (χ1) is 5.19. The predicted molar refractivity (Wildman–Crippen MR) is 38.9 cm³/mol. The normalized spacial score (nSPS) is 20.5. The van der Waals surface area contributed by atoms with E-state index in [0.29, 0.717) is 12.8 Å². The summed E-state index contributed by atoms with van der Waals surface area (Å²) in [5.74, 6) is -0.349. The van der Waals surface area contributed by atoms with Crippen LogP contribution in [0.25, 0.3) is 0 Å². The van der Waals surface area contributed by atoms with Crippen molar-refractivity contribution in [3.8, 4) is 0 Å². The molecule has 0 aliphatic heterocycles. The zero-order chi connectivity index (χ0) is 8.32. The third kappa shape index (κ3) is 1.70. The van der Waals surface area contributed by atoms with Crippen molar-refractivity contribution in [2.24, 2.45) is 0 Å². The topological polar surface area (TPSA) is 69.6 Å². The van der Waals surface area contributed by atoms with Crippen LogP contribution in [0.5, 0.6) is 0 Å². The number of hydrogen-bond donors (Lipinski definition) is 3. The van der Waals surface area contributed by atoms with E-state index < -0.39 is 5.60 Å². The summed E-state index contributed by atoms with van der Waals surface area (Å²) in [5.41, 5.74) is -1.13. The first-order valence-corrected chi connectivity index (χ1v) is 3.80. The lowest BCUT2D eigenvalue weighted by Crippen LogP contribution is -2.52. The molecule has 3 N–H and O–H groups in total. The number of nitrogens with one attached hydrogen (secondary N) is 1. The Kier molecular flexibility index (Phi) is 2.46. The van der Waals surface area contributed by atoms with Crippen LogP contribution in [-0.2, 0) is 4.79 Å². The minimum absolute atomic E-state index is 0.0815. The van der Waals surface area contributed by atoms with E-state index in [1.54, 1.807) is 0 Å². The van der Waals surface area contributed by atoms with Crippen molar-refractivity contribution in [2.45, 2.75) is 24.9 Å². The summed E-state index contributed by atoms with van der Waals surface area (Å²) < 4.78 is 0. The van der Waals surface area contributed by atoms with Gasteiger partial charge in [-0.2, -0.15) is 0 Å². The fraction of sp³-hybridized carbons (Fsp3) is 0.857. The molecule has 0 aromatic rings. The predicted octanol–water partition coefficient (Wildman–Crippen LogP) is -0.990. The van der Waals surface area contributed by atoms with Crippen LogP contribution >= 0.6 is 0 Å². The van der Waals surface area contributed by atoms with Gasteiger partial charge in [-0.25, -0.2) is 0 Å². The van der Waals surface area contributed by atoms with Crippen molar-refractivity contribution in [1.29, 1.82) is 0 Å². The van der Waals surface area contributed by atoms with Crippen LogP contribution in [0.2, 0.25) is 0 Å². The quantitative estimate of drug-likeness (QED) is 0.495. The number of carbonyl (C=O) groups is 1. The Balaban J connectivity index is 2.28. The Labute approximate surface area is 65.2 Å². The highest BCUT2D eigenvalue weighted by Crippen LogP contribution is 2.31. The summed E-state index contributed by atoms with van der Waals surface area (Å²) in [4.78, 5) is 11.0. The van der Waals surface area contributed by atoms with E-state index in [1.807, 2.05) is 0 Å². The molecule has 4 nitrogen and oxygen atoms in total. The molecular weight excluding hydrogens is 146 g/mol. The number of carbonyl (C=O) groups excluding carboxylic acids is 1. The van der Waals surface area contributed by atoms with E-state index in [-0.39, 0.29) is 19.1 Å². The maximum Gasteiger partial charge on any atom is 0.252 e. The molecule has 11 heavy (non-hydrogen) atoms. The van der Waals surface area contributed by atoms with Crippen molar-refractivity contribution in [3.63, 3.8) is 0 Å². The molecule has 0 atom stereocenters. The van der Waals surface area contributed by atoms with Crippen molar-refractivity contribution < 1.29 is 15.0 Å². The molecule has 0 aromatic carbocycles. The van der Waals surface area contributed by atoms with Gasteiger partial charge in [0.25, 0.3) is 5.91 Å². The molecule has 0 bridgehead atoms. The number of aliphatic hydroxyl groups excluding tert-OH is 1. The molecule has 0 unspecified atom stereocenters. The van der Waals surface area contributed by atoms with Crippen molar-refractivity contribution in [1.82, 2.24) is 5.32 Å². The molecule has 0 aromatic heterocycles. The highest BCUT2D eigenvalue weighted by atomic mass is 16.3. The van der Waals surface area contributed by atoms with Crippen LogP contribution < -0.4 is 5.32 Å². The van der Waals surface area contributed by atoms with Gasteiger partial charge in [0.15, 0.2) is 0 Å². The molecule has 1 fully saturated rings. The van der Waals surface area contributed by atoms with Crippen LogP contribution in [0, 0.1) is 0 Å². The first kappa shape index (κ1) is 8.49. The molecule has 1 saturated carbocycles. The van der Waals surface area contributed by atoms with Crippen LogP contribution in [0.1, 0.15) is 19.3 Å². The fourth-order valence-corrected chi connectivity index (χ4v) is 1.07. The smallest absolute Gasteiger partial charge is 0.252 e. The maximum atomic E-state index is 11.0. The summed E-state index contributed by atoms with van der Waals surface area (Å²) in [6.07, 6.45) is 2.00. The fourth-order valence-electron chi connectivity index (χ4n) is 1.07. The SMILES string of the molecule is O=C(NCCO)C1(O)CCC1. The van der Waals surface area contributed by atoms with E-state index >= 15 is 0 Å². The summed E-state index contributed by atoms with van der Waals surface area (Å²) in [5, 5.41) is 20.2. The van der Waals surface area contributed by atoms with Gasteiger partial charge in [-0.1, -0.05) is 0 Å². The zero-order valence-corrected chi connectivity index (χ0v) is 6.34. The van der Waals surface area contributed by atoms with Gasteiger partial charge in [-0.15, -0.1) is 0 Å². The molecular formula is C7H13NO3. The van der Waals surface area contributed by atoms with Crippen LogP contribution in [-0.4, -0.2) is 34.9 Å². The highest BCUT2D eigenvalue weighted by Gasteiger charge is 2.41. The second-order valence-electron chi connectivity index (χ2n) is 2.86. The second kappa shape index (κ2) is 3.19. The lowest BCUT2D eigenvalue weighted by Gasteiger charge is -2.34. The lowest BCUT2D eigenvalue weighted by molar-refractivity contribution is -0.148. The number of amides is 1. The second-order valence-corrected chi connectivity index (χ2v) is 2.86. The van der Waals surface area contributed by atoms with Crippen LogP contribution in [0.15, 0.2) is 0 Å². The minimum Gasteiger partial charge on any atom is -0.395 e. The van der Waals surface area contributed by atoms with E-state index in [9.17, 15) is 9.90 Å². The summed E-state index contributed by atoms with van der Waals surface area (Å²) in [6.45, 7) is 0.142. The standard InChI is InChI=1S/C7H13NO3/c9-5-4-8-6(10)7(11)2-1-3-7/h9,11H,1-5H2,(H,8,10). The van der Waals surface area contributed by atoms with Gasteiger partial charge in [0.1, 0.15) is 5.60 Å². The monoisotopic (exact) mass is 159 g/mol. The minimum atomic E-state index is -1.13. The average molecular weight is 159 g/mol.